The van der Waals surface area contributed by atoms with Crippen molar-refractivity contribution in [2.45, 2.75) is 49.1 Å². The summed E-state index contributed by atoms with van der Waals surface area (Å²) < 4.78 is 32.6. The minimum Gasteiger partial charge on any atom is -0.494 e. The van der Waals surface area contributed by atoms with Crippen LogP contribution in [-0.4, -0.2) is 54.4 Å². The SMILES string of the molecule is Cn1cnc(S(=O)(=O)CCCOc2ccc3c(c2)C(Cc2ccccc2)C(N2CCC2)CC3)c1. The lowest BCUT2D eigenvalue weighted by molar-refractivity contribution is 0.0876. The standard InChI is InChI=1S/C27H33N3O3S/c1-29-19-27(28-20-29)34(31,32)16-6-15-33-23-11-9-22-10-12-26(30-13-5-14-30)25(24(22)18-23)17-21-7-3-2-4-8-21/h2-4,7-9,11,18-20,25-26H,5-6,10,12-17H2,1H3. The predicted molar refractivity (Wildman–Crippen MR) is 133 cm³/mol. The van der Waals surface area contributed by atoms with Crippen molar-refractivity contribution < 1.29 is 13.2 Å². The molecule has 34 heavy (non-hydrogen) atoms. The molecule has 5 rings (SSSR count). The summed E-state index contributed by atoms with van der Waals surface area (Å²) in [6, 6.07) is 17.8. The largest absolute Gasteiger partial charge is 0.494 e. The molecule has 2 heterocycles. The molecule has 2 aliphatic rings. The Morgan fingerprint density at radius 2 is 1.94 bits per heavy atom. The summed E-state index contributed by atoms with van der Waals surface area (Å²) in [5.74, 6) is 1.30. The Hall–Kier alpha value is -2.64. The third kappa shape index (κ3) is 5.05. The molecule has 0 amide bonds. The lowest BCUT2D eigenvalue weighted by Gasteiger charge is -2.45. The molecule has 0 radical (unpaired) electrons. The van der Waals surface area contributed by atoms with Crippen molar-refractivity contribution in [3.8, 4) is 5.75 Å². The number of ether oxygens (including phenoxy) is 1. The summed E-state index contributed by atoms with van der Waals surface area (Å²) in [4.78, 5) is 6.62. The second kappa shape index (κ2) is 9.92. The van der Waals surface area contributed by atoms with Gasteiger partial charge in [0.1, 0.15) is 5.75 Å². The van der Waals surface area contributed by atoms with Gasteiger partial charge in [0.2, 0.25) is 0 Å². The van der Waals surface area contributed by atoms with Crippen molar-refractivity contribution in [3.63, 3.8) is 0 Å². The van der Waals surface area contributed by atoms with Crippen molar-refractivity contribution in [1.29, 1.82) is 0 Å². The van der Waals surface area contributed by atoms with Gasteiger partial charge in [-0.25, -0.2) is 13.4 Å². The zero-order valence-electron chi connectivity index (χ0n) is 19.8. The molecular weight excluding hydrogens is 446 g/mol. The second-order valence-corrected chi connectivity index (χ2v) is 11.6. The molecule has 0 N–H and O–H groups in total. The van der Waals surface area contributed by atoms with Gasteiger partial charge >= 0.3 is 0 Å². The maximum Gasteiger partial charge on any atom is 0.197 e. The Morgan fingerprint density at radius 3 is 2.65 bits per heavy atom. The smallest absolute Gasteiger partial charge is 0.197 e. The molecule has 0 bridgehead atoms. The Balaban J connectivity index is 1.28. The summed E-state index contributed by atoms with van der Waals surface area (Å²) in [6.07, 6.45) is 8.12. The highest BCUT2D eigenvalue weighted by molar-refractivity contribution is 7.91. The number of rotatable bonds is 9. The summed E-state index contributed by atoms with van der Waals surface area (Å²) in [5.41, 5.74) is 4.19. The fourth-order valence-corrected chi connectivity index (χ4v) is 6.51. The molecule has 2 aromatic carbocycles. The number of hydrogen-bond donors (Lipinski definition) is 0. The van der Waals surface area contributed by atoms with Gasteiger partial charge in [-0.15, -0.1) is 0 Å². The van der Waals surface area contributed by atoms with E-state index in [0.29, 0.717) is 25.0 Å². The Bertz CT molecular complexity index is 1220. The van der Waals surface area contributed by atoms with E-state index in [1.54, 1.807) is 17.8 Å². The van der Waals surface area contributed by atoms with E-state index in [4.69, 9.17) is 4.74 Å². The lowest BCUT2D eigenvalue weighted by atomic mass is 9.75. The number of aromatic nitrogens is 2. The Morgan fingerprint density at radius 1 is 1.12 bits per heavy atom. The van der Waals surface area contributed by atoms with Gasteiger partial charge < -0.3 is 9.30 Å². The van der Waals surface area contributed by atoms with Crippen LogP contribution in [0.5, 0.6) is 5.75 Å². The molecule has 1 aliphatic carbocycles. The molecule has 2 atom stereocenters. The molecule has 0 spiro atoms. The monoisotopic (exact) mass is 479 g/mol. The van der Waals surface area contributed by atoms with Crippen LogP contribution in [0.25, 0.3) is 0 Å². The zero-order valence-corrected chi connectivity index (χ0v) is 20.6. The van der Waals surface area contributed by atoms with Crippen molar-refractivity contribution in [2.24, 2.45) is 7.05 Å². The number of hydrogen-bond acceptors (Lipinski definition) is 5. The normalized spacial score (nSPS) is 20.5. The van der Waals surface area contributed by atoms with Gasteiger partial charge in [0.25, 0.3) is 0 Å². The van der Waals surface area contributed by atoms with Crippen molar-refractivity contribution in [1.82, 2.24) is 14.5 Å². The van der Waals surface area contributed by atoms with Crippen molar-refractivity contribution in [2.75, 3.05) is 25.4 Å². The fourth-order valence-electron chi connectivity index (χ4n) is 5.26. The highest BCUT2D eigenvalue weighted by Crippen LogP contribution is 2.40. The van der Waals surface area contributed by atoms with E-state index in [1.165, 1.54) is 48.9 Å². The lowest BCUT2D eigenvalue weighted by Crippen LogP contribution is -2.49. The second-order valence-electron chi connectivity index (χ2n) is 9.55. The molecule has 3 aromatic rings. The van der Waals surface area contributed by atoms with E-state index in [0.717, 1.165) is 18.6 Å². The number of sulfone groups is 1. The van der Waals surface area contributed by atoms with Crippen LogP contribution in [0.2, 0.25) is 0 Å². The molecule has 180 valence electrons. The van der Waals surface area contributed by atoms with Crippen LogP contribution in [0.4, 0.5) is 0 Å². The molecule has 1 aliphatic heterocycles. The summed E-state index contributed by atoms with van der Waals surface area (Å²) in [6.45, 7) is 2.77. The van der Waals surface area contributed by atoms with Crippen LogP contribution >= 0.6 is 0 Å². The van der Waals surface area contributed by atoms with Gasteiger partial charge in [0.15, 0.2) is 14.9 Å². The van der Waals surface area contributed by atoms with Gasteiger partial charge in [-0.1, -0.05) is 36.4 Å². The van der Waals surface area contributed by atoms with E-state index in [9.17, 15) is 8.42 Å². The third-order valence-electron chi connectivity index (χ3n) is 7.17. The molecule has 2 unspecified atom stereocenters. The zero-order chi connectivity index (χ0) is 23.5. The predicted octanol–water partition coefficient (Wildman–Crippen LogP) is 4.01. The molecular formula is C27H33N3O3S. The first-order chi connectivity index (χ1) is 16.5. The van der Waals surface area contributed by atoms with Crippen LogP contribution in [-0.2, 0) is 29.7 Å². The Kier molecular flexibility index (Phi) is 6.75. The van der Waals surface area contributed by atoms with Gasteiger partial charge in [-0.05, 0) is 74.0 Å². The van der Waals surface area contributed by atoms with Crippen molar-refractivity contribution in [3.05, 3.63) is 77.7 Å². The first kappa shape index (κ1) is 23.1. The van der Waals surface area contributed by atoms with Crippen LogP contribution in [0.15, 0.2) is 66.1 Å². The first-order valence-corrected chi connectivity index (χ1v) is 13.9. The van der Waals surface area contributed by atoms with E-state index >= 15 is 0 Å². The summed E-state index contributed by atoms with van der Waals surface area (Å²) in [7, 11) is -1.62. The molecule has 1 saturated heterocycles. The first-order valence-electron chi connectivity index (χ1n) is 12.2. The van der Waals surface area contributed by atoms with Gasteiger partial charge in [-0.2, -0.15) is 0 Å². The average molecular weight is 480 g/mol. The average Bonchev–Trinajstić information content (AvgIpc) is 3.25. The Labute approximate surface area is 202 Å². The van der Waals surface area contributed by atoms with E-state index in [-0.39, 0.29) is 10.8 Å². The topological polar surface area (TPSA) is 64.4 Å². The van der Waals surface area contributed by atoms with E-state index < -0.39 is 9.84 Å². The minimum absolute atomic E-state index is 0.0304. The van der Waals surface area contributed by atoms with Gasteiger partial charge in [0.05, 0.1) is 18.7 Å². The molecule has 0 saturated carbocycles. The maximum absolute atomic E-state index is 12.5. The minimum atomic E-state index is -3.38. The van der Waals surface area contributed by atoms with Crippen LogP contribution < -0.4 is 4.74 Å². The number of imidazole rings is 1. The fraction of sp³-hybridized carbons (Fsp3) is 0.444. The number of aryl methyl sites for hydroxylation is 2. The molecule has 1 aromatic heterocycles. The third-order valence-corrected chi connectivity index (χ3v) is 8.85. The highest BCUT2D eigenvalue weighted by Gasteiger charge is 2.36. The van der Waals surface area contributed by atoms with Gasteiger partial charge in [-0.3, -0.25) is 4.90 Å². The summed E-state index contributed by atoms with van der Waals surface area (Å²) in [5, 5.41) is 0.129. The quantitative estimate of drug-likeness (QED) is 0.434. The van der Waals surface area contributed by atoms with Crippen LogP contribution in [0.3, 0.4) is 0 Å². The number of nitrogens with zero attached hydrogens (tertiary/aromatic N) is 3. The maximum atomic E-state index is 12.5. The molecule has 7 heteroatoms. The molecule has 1 fully saturated rings. The van der Waals surface area contributed by atoms with Crippen LogP contribution in [0.1, 0.15) is 41.9 Å². The molecule has 6 nitrogen and oxygen atoms in total. The van der Waals surface area contributed by atoms with Crippen molar-refractivity contribution >= 4 is 9.84 Å². The van der Waals surface area contributed by atoms with E-state index in [2.05, 4.69) is 52.3 Å². The number of likely N-dealkylation sites (tertiary alicyclic amines) is 1. The number of benzene rings is 2. The summed E-state index contributed by atoms with van der Waals surface area (Å²) >= 11 is 0. The van der Waals surface area contributed by atoms with Crippen LogP contribution in [0, 0.1) is 0 Å². The van der Waals surface area contributed by atoms with Gasteiger partial charge in [0, 0.05) is 25.2 Å². The van der Waals surface area contributed by atoms with E-state index in [1.807, 2.05) is 6.07 Å². The number of fused-ring (bicyclic) bond motifs is 1. The highest BCUT2D eigenvalue weighted by atomic mass is 32.2.